The molecule has 110 valence electrons. The summed E-state index contributed by atoms with van der Waals surface area (Å²) in [7, 11) is 0. The van der Waals surface area contributed by atoms with Crippen LogP contribution in [0.3, 0.4) is 0 Å². The lowest BCUT2D eigenvalue weighted by Gasteiger charge is -2.09. The molecule has 0 unspecified atom stereocenters. The Balaban J connectivity index is 1.94. The Morgan fingerprint density at radius 3 is 2.73 bits per heavy atom. The molecule has 4 heteroatoms. The van der Waals surface area contributed by atoms with Crippen molar-refractivity contribution in [2.45, 2.75) is 13.8 Å². The quantitative estimate of drug-likeness (QED) is 0.566. The molecule has 0 amide bonds. The fourth-order valence-electron chi connectivity index (χ4n) is 2.38. The van der Waals surface area contributed by atoms with Crippen molar-refractivity contribution in [2.24, 2.45) is 5.10 Å². The van der Waals surface area contributed by atoms with Crippen molar-refractivity contribution in [3.63, 3.8) is 0 Å². The van der Waals surface area contributed by atoms with Crippen LogP contribution >= 0.6 is 0 Å². The Kier molecular flexibility index (Phi) is 3.74. The number of aryl methyl sites for hydroxylation is 2. The second kappa shape index (κ2) is 5.85. The fourth-order valence-corrected chi connectivity index (χ4v) is 2.38. The number of hydrazone groups is 1. The molecule has 0 saturated carbocycles. The number of nitrogens with one attached hydrogen (secondary N) is 1. The van der Waals surface area contributed by atoms with Crippen LogP contribution in [0.5, 0.6) is 5.75 Å². The Morgan fingerprint density at radius 1 is 1.09 bits per heavy atom. The van der Waals surface area contributed by atoms with Crippen LogP contribution in [0.25, 0.3) is 10.9 Å². The zero-order chi connectivity index (χ0) is 15.5. The zero-order valence-corrected chi connectivity index (χ0v) is 12.5. The van der Waals surface area contributed by atoms with Crippen LogP contribution in [0, 0.1) is 13.8 Å². The van der Waals surface area contributed by atoms with Crippen LogP contribution in [0.1, 0.15) is 16.8 Å². The molecule has 0 aliphatic carbocycles. The lowest BCUT2D eigenvalue weighted by atomic mass is 10.1. The number of aromatic nitrogens is 1. The normalized spacial score (nSPS) is 11.2. The summed E-state index contributed by atoms with van der Waals surface area (Å²) in [5.41, 5.74) is 7.66. The maximum absolute atomic E-state index is 9.73. The average Bonchev–Trinajstić information content (AvgIpc) is 2.50. The lowest BCUT2D eigenvalue weighted by molar-refractivity contribution is 0.474. The molecule has 0 radical (unpaired) electrons. The Hall–Kier alpha value is -2.88. The molecule has 1 heterocycles. The fraction of sp³-hybridized carbons (Fsp3) is 0.111. The number of rotatable bonds is 3. The van der Waals surface area contributed by atoms with E-state index in [1.807, 2.05) is 44.2 Å². The monoisotopic (exact) mass is 291 g/mol. The van der Waals surface area contributed by atoms with Crippen LogP contribution in [-0.4, -0.2) is 16.3 Å². The van der Waals surface area contributed by atoms with Crippen LogP contribution in [0.15, 0.2) is 53.6 Å². The first kappa shape index (κ1) is 14.1. The third kappa shape index (κ3) is 2.76. The van der Waals surface area contributed by atoms with Gasteiger partial charge in [0.15, 0.2) is 0 Å². The molecule has 4 nitrogen and oxygen atoms in total. The SMILES string of the molecule is Cc1cc(N/N=C/c2ccccc2O)c2cccc(C)c2n1. The molecule has 0 bridgehead atoms. The molecule has 0 spiro atoms. The highest BCUT2D eigenvalue weighted by Gasteiger charge is 2.05. The summed E-state index contributed by atoms with van der Waals surface area (Å²) in [6.07, 6.45) is 1.60. The average molecular weight is 291 g/mol. The molecule has 1 aromatic heterocycles. The maximum Gasteiger partial charge on any atom is 0.124 e. The van der Waals surface area contributed by atoms with Crippen molar-refractivity contribution < 1.29 is 5.11 Å². The van der Waals surface area contributed by atoms with Gasteiger partial charge in [-0.1, -0.05) is 30.3 Å². The van der Waals surface area contributed by atoms with E-state index >= 15 is 0 Å². The third-order valence-electron chi connectivity index (χ3n) is 3.49. The second-order valence-electron chi connectivity index (χ2n) is 5.21. The minimum atomic E-state index is 0.208. The number of pyridine rings is 1. The summed E-state index contributed by atoms with van der Waals surface area (Å²) in [6, 6.07) is 15.1. The predicted molar refractivity (Wildman–Crippen MR) is 90.5 cm³/mol. The molecule has 0 fully saturated rings. The van der Waals surface area contributed by atoms with Gasteiger partial charge in [-0.15, -0.1) is 0 Å². The maximum atomic E-state index is 9.73. The summed E-state index contributed by atoms with van der Waals surface area (Å²) >= 11 is 0. The van der Waals surface area contributed by atoms with Gasteiger partial charge in [-0.05, 0) is 37.6 Å². The van der Waals surface area contributed by atoms with Crippen molar-refractivity contribution >= 4 is 22.8 Å². The second-order valence-corrected chi connectivity index (χ2v) is 5.21. The van der Waals surface area contributed by atoms with E-state index in [1.165, 1.54) is 0 Å². The number of aromatic hydroxyl groups is 1. The van der Waals surface area contributed by atoms with Crippen LogP contribution in [0.2, 0.25) is 0 Å². The summed E-state index contributed by atoms with van der Waals surface area (Å²) in [5.74, 6) is 0.208. The molecule has 0 aliphatic heterocycles. The number of fused-ring (bicyclic) bond motifs is 1. The van der Waals surface area contributed by atoms with Crippen molar-refractivity contribution in [1.82, 2.24) is 4.98 Å². The van der Waals surface area contributed by atoms with Crippen molar-refractivity contribution in [2.75, 3.05) is 5.43 Å². The first-order valence-electron chi connectivity index (χ1n) is 7.09. The van der Waals surface area contributed by atoms with Gasteiger partial charge in [-0.3, -0.25) is 10.4 Å². The largest absolute Gasteiger partial charge is 0.507 e. The summed E-state index contributed by atoms with van der Waals surface area (Å²) in [6.45, 7) is 4.01. The number of phenols is 1. The third-order valence-corrected chi connectivity index (χ3v) is 3.49. The van der Waals surface area contributed by atoms with E-state index in [4.69, 9.17) is 0 Å². The van der Waals surface area contributed by atoms with Crippen LogP contribution in [-0.2, 0) is 0 Å². The van der Waals surface area contributed by atoms with Gasteiger partial charge in [0.2, 0.25) is 0 Å². The molecular formula is C18H17N3O. The van der Waals surface area contributed by atoms with Crippen molar-refractivity contribution in [1.29, 1.82) is 0 Å². The van der Waals surface area contributed by atoms with E-state index in [-0.39, 0.29) is 5.75 Å². The van der Waals surface area contributed by atoms with E-state index in [0.29, 0.717) is 5.56 Å². The topological polar surface area (TPSA) is 57.5 Å². The molecule has 2 N–H and O–H groups in total. The highest BCUT2D eigenvalue weighted by molar-refractivity contribution is 5.94. The lowest BCUT2D eigenvalue weighted by Crippen LogP contribution is -1.96. The molecule has 3 aromatic rings. The van der Waals surface area contributed by atoms with Crippen LogP contribution in [0.4, 0.5) is 5.69 Å². The Labute approximate surface area is 129 Å². The highest BCUT2D eigenvalue weighted by atomic mass is 16.3. The van der Waals surface area contributed by atoms with E-state index in [9.17, 15) is 5.11 Å². The van der Waals surface area contributed by atoms with Gasteiger partial charge in [-0.25, -0.2) is 0 Å². The van der Waals surface area contributed by atoms with E-state index in [1.54, 1.807) is 24.4 Å². The first-order chi connectivity index (χ1) is 10.6. The number of benzene rings is 2. The molecular weight excluding hydrogens is 274 g/mol. The number of nitrogens with zero attached hydrogens (tertiary/aromatic N) is 2. The van der Waals surface area contributed by atoms with E-state index in [2.05, 4.69) is 15.5 Å². The molecule has 22 heavy (non-hydrogen) atoms. The van der Waals surface area contributed by atoms with Gasteiger partial charge in [0.05, 0.1) is 17.4 Å². The molecule has 0 aliphatic rings. The number of anilines is 1. The Bertz CT molecular complexity index is 856. The van der Waals surface area contributed by atoms with E-state index < -0.39 is 0 Å². The summed E-state index contributed by atoms with van der Waals surface area (Å²) < 4.78 is 0. The van der Waals surface area contributed by atoms with Crippen molar-refractivity contribution in [3.8, 4) is 5.75 Å². The van der Waals surface area contributed by atoms with Gasteiger partial charge in [0.1, 0.15) is 5.75 Å². The number of hydrogen-bond acceptors (Lipinski definition) is 4. The van der Waals surface area contributed by atoms with Gasteiger partial charge in [-0.2, -0.15) is 5.10 Å². The molecule has 3 rings (SSSR count). The minimum Gasteiger partial charge on any atom is -0.507 e. The van der Waals surface area contributed by atoms with Crippen molar-refractivity contribution in [3.05, 3.63) is 65.4 Å². The molecule has 0 atom stereocenters. The Morgan fingerprint density at radius 2 is 1.91 bits per heavy atom. The highest BCUT2D eigenvalue weighted by Crippen LogP contribution is 2.25. The molecule has 2 aromatic carbocycles. The summed E-state index contributed by atoms with van der Waals surface area (Å²) in [4.78, 5) is 4.58. The summed E-state index contributed by atoms with van der Waals surface area (Å²) in [5, 5.41) is 15.0. The van der Waals surface area contributed by atoms with Gasteiger partial charge in [0, 0.05) is 16.6 Å². The predicted octanol–water partition coefficient (Wildman–Crippen LogP) is 4.00. The first-order valence-corrected chi connectivity index (χ1v) is 7.09. The van der Waals surface area contributed by atoms with Gasteiger partial charge < -0.3 is 5.11 Å². The van der Waals surface area contributed by atoms with Gasteiger partial charge >= 0.3 is 0 Å². The van der Waals surface area contributed by atoms with Crippen LogP contribution < -0.4 is 5.43 Å². The molecule has 0 saturated heterocycles. The smallest absolute Gasteiger partial charge is 0.124 e. The number of phenolic OH excluding ortho intramolecular Hbond substituents is 1. The number of para-hydroxylation sites is 2. The zero-order valence-electron chi connectivity index (χ0n) is 12.5. The standard InChI is InChI=1S/C18H17N3O/c1-12-6-5-8-15-16(10-13(2)20-18(12)15)21-19-11-14-7-3-4-9-17(14)22/h3-11,22H,1-2H3,(H,20,21)/b19-11+. The van der Waals surface area contributed by atoms with Gasteiger partial charge in [0.25, 0.3) is 0 Å². The van der Waals surface area contributed by atoms with E-state index in [0.717, 1.165) is 27.8 Å². The minimum absolute atomic E-state index is 0.208. The number of hydrogen-bond donors (Lipinski definition) is 2.